The van der Waals surface area contributed by atoms with Crippen molar-refractivity contribution in [2.75, 3.05) is 18.9 Å². The largest absolute Gasteiger partial charge is 0.437 e. The van der Waals surface area contributed by atoms with Gasteiger partial charge in [0.2, 0.25) is 11.8 Å². The highest BCUT2D eigenvalue weighted by Crippen LogP contribution is 2.57. The van der Waals surface area contributed by atoms with Crippen molar-refractivity contribution in [3.8, 4) is 11.6 Å². The van der Waals surface area contributed by atoms with Crippen LogP contribution in [0.1, 0.15) is 50.2 Å². The second-order valence-electron chi connectivity index (χ2n) is 9.09. The highest BCUT2D eigenvalue weighted by molar-refractivity contribution is 6.03. The minimum atomic E-state index is -4.77. The third-order valence-corrected chi connectivity index (χ3v) is 6.96. The number of aromatic nitrogens is 2. The Bertz CT molecular complexity index is 1430. The van der Waals surface area contributed by atoms with Gasteiger partial charge >= 0.3 is 6.18 Å². The number of carbonyl (C=O) groups is 2. The van der Waals surface area contributed by atoms with Gasteiger partial charge in [0.1, 0.15) is 11.3 Å². The van der Waals surface area contributed by atoms with Crippen LogP contribution < -0.4 is 15.4 Å². The van der Waals surface area contributed by atoms with E-state index in [-0.39, 0.29) is 29.1 Å². The predicted octanol–water partition coefficient (Wildman–Crippen LogP) is 4.39. The summed E-state index contributed by atoms with van der Waals surface area (Å²) in [6.07, 6.45) is -1.91. The summed E-state index contributed by atoms with van der Waals surface area (Å²) in [6.45, 7) is 0.501. The lowest BCUT2D eigenvalue weighted by Crippen LogP contribution is -2.31. The van der Waals surface area contributed by atoms with E-state index in [9.17, 15) is 22.8 Å². The predicted molar refractivity (Wildman–Crippen MR) is 122 cm³/mol. The number of hydrogen-bond acceptors (Lipinski definition) is 6. The van der Waals surface area contributed by atoms with E-state index in [1.54, 1.807) is 36.2 Å². The number of benzene rings is 2. The van der Waals surface area contributed by atoms with E-state index >= 15 is 0 Å². The molecule has 1 spiro atoms. The molecule has 2 amide bonds. The molecule has 3 aromatic rings. The van der Waals surface area contributed by atoms with Crippen molar-refractivity contribution in [3.05, 3.63) is 70.4 Å². The molecule has 0 radical (unpaired) electrons. The molecule has 1 saturated carbocycles. The van der Waals surface area contributed by atoms with Crippen LogP contribution in [0.2, 0.25) is 0 Å². The minimum absolute atomic E-state index is 0.0167. The van der Waals surface area contributed by atoms with Crippen molar-refractivity contribution < 1.29 is 27.5 Å². The van der Waals surface area contributed by atoms with Crippen LogP contribution in [0.25, 0.3) is 0 Å². The molecule has 6 rings (SSSR count). The highest BCUT2D eigenvalue weighted by Gasteiger charge is 2.57. The first-order valence-electron chi connectivity index (χ1n) is 11.4. The molecule has 3 heterocycles. The Hall–Kier alpha value is -4.15. The Kier molecular flexibility index (Phi) is 4.76. The molecule has 1 aromatic heterocycles. The zero-order chi connectivity index (χ0) is 25.2. The van der Waals surface area contributed by atoms with Crippen molar-refractivity contribution in [1.29, 1.82) is 0 Å². The number of hydrogen-bond donors (Lipinski definition) is 2. The quantitative estimate of drug-likeness (QED) is 0.557. The van der Waals surface area contributed by atoms with Crippen LogP contribution in [0, 0.1) is 0 Å². The maximum Gasteiger partial charge on any atom is 0.423 e. The molecule has 0 saturated heterocycles. The van der Waals surface area contributed by atoms with Gasteiger partial charge in [-0.3, -0.25) is 9.59 Å². The molecule has 184 valence electrons. The van der Waals surface area contributed by atoms with Gasteiger partial charge in [-0.25, -0.2) is 4.98 Å². The molecule has 8 nitrogen and oxygen atoms in total. The summed E-state index contributed by atoms with van der Waals surface area (Å²) >= 11 is 0. The lowest BCUT2D eigenvalue weighted by atomic mass is 10.00. The summed E-state index contributed by atoms with van der Waals surface area (Å²) in [5.74, 6) is -1.28. The number of anilines is 2. The van der Waals surface area contributed by atoms with Crippen LogP contribution in [-0.2, 0) is 18.1 Å². The zero-order valence-electron chi connectivity index (χ0n) is 19.1. The number of halogens is 3. The fourth-order valence-electron chi connectivity index (χ4n) is 4.93. The second kappa shape index (κ2) is 7.67. The number of amides is 2. The Morgan fingerprint density at radius 1 is 1.17 bits per heavy atom. The topological polar surface area (TPSA) is 96.5 Å². The van der Waals surface area contributed by atoms with Crippen molar-refractivity contribution in [3.63, 3.8) is 0 Å². The molecular formula is C25H20F3N5O3. The first-order valence-corrected chi connectivity index (χ1v) is 11.4. The highest BCUT2D eigenvalue weighted by atomic mass is 19.4. The molecule has 11 heteroatoms. The molecule has 3 aliphatic rings. The Labute approximate surface area is 203 Å². The summed E-state index contributed by atoms with van der Waals surface area (Å²) in [6, 6.07) is 9.94. The van der Waals surface area contributed by atoms with E-state index in [0.717, 1.165) is 24.0 Å². The average molecular weight is 495 g/mol. The van der Waals surface area contributed by atoms with Crippen LogP contribution in [-0.4, -0.2) is 40.3 Å². The number of ether oxygens (including phenoxy) is 1. The molecule has 1 aliphatic carbocycles. The zero-order valence-corrected chi connectivity index (χ0v) is 19.1. The van der Waals surface area contributed by atoms with Gasteiger partial charge in [-0.05, 0) is 54.7 Å². The van der Waals surface area contributed by atoms with E-state index in [0.29, 0.717) is 30.4 Å². The average Bonchev–Trinajstić information content (AvgIpc) is 3.61. The van der Waals surface area contributed by atoms with Gasteiger partial charge in [0.05, 0.1) is 11.1 Å². The van der Waals surface area contributed by atoms with E-state index < -0.39 is 23.2 Å². The van der Waals surface area contributed by atoms with Gasteiger partial charge in [0, 0.05) is 31.0 Å². The number of nitrogens with zero attached hydrogens (tertiary/aromatic N) is 3. The molecule has 0 bridgehead atoms. The normalized spacial score (nSPS) is 17.5. The number of alkyl halides is 3. The van der Waals surface area contributed by atoms with Crippen molar-refractivity contribution in [2.24, 2.45) is 0 Å². The molecule has 2 aliphatic heterocycles. The third-order valence-electron chi connectivity index (χ3n) is 6.96. The standard InChI is InChI=1S/C25H20F3N5O3/c1-33-22(35)19-16(24(33)8-9-24)3-2-4-18(19)36-21-17(25(26,27)28)12-30-23(32-21)31-14-5-6-15-13(11-14)7-10-29-20(15)34/h2-6,11-12H,7-10H2,1H3,(H,29,34)(H,30,31,32). The number of rotatable bonds is 4. The molecule has 1 fully saturated rings. The Balaban J connectivity index is 1.36. The Morgan fingerprint density at radius 3 is 2.72 bits per heavy atom. The first kappa shape index (κ1) is 22.3. The van der Waals surface area contributed by atoms with Crippen LogP contribution in [0.3, 0.4) is 0 Å². The number of fused-ring (bicyclic) bond motifs is 3. The molecule has 2 aromatic carbocycles. The van der Waals surface area contributed by atoms with Gasteiger partial charge < -0.3 is 20.3 Å². The van der Waals surface area contributed by atoms with Gasteiger partial charge in [0.15, 0.2) is 0 Å². The molecule has 0 unspecified atom stereocenters. The van der Waals surface area contributed by atoms with E-state index in [1.165, 1.54) is 6.07 Å². The summed E-state index contributed by atoms with van der Waals surface area (Å²) in [4.78, 5) is 34.4. The molecule has 2 N–H and O–H groups in total. The maximum atomic E-state index is 13.8. The van der Waals surface area contributed by atoms with Crippen LogP contribution >= 0.6 is 0 Å². The van der Waals surface area contributed by atoms with E-state index in [2.05, 4.69) is 20.6 Å². The second-order valence-corrected chi connectivity index (χ2v) is 9.09. The van der Waals surface area contributed by atoms with Crippen LogP contribution in [0.5, 0.6) is 11.6 Å². The van der Waals surface area contributed by atoms with Crippen molar-refractivity contribution in [2.45, 2.75) is 31.0 Å². The summed E-state index contributed by atoms with van der Waals surface area (Å²) in [7, 11) is 1.69. The SMILES string of the molecule is CN1C(=O)c2c(Oc3nc(Nc4ccc5c(c4)CCNC5=O)ncc3C(F)(F)F)cccc2C12CC2. The molecule has 0 atom stereocenters. The van der Waals surface area contributed by atoms with Gasteiger partial charge in [0.25, 0.3) is 11.8 Å². The lowest BCUT2D eigenvalue weighted by Gasteiger charge is -2.18. The molecular weight excluding hydrogens is 475 g/mol. The Morgan fingerprint density at radius 2 is 1.97 bits per heavy atom. The minimum Gasteiger partial charge on any atom is -0.437 e. The lowest BCUT2D eigenvalue weighted by molar-refractivity contribution is -0.139. The molecule has 36 heavy (non-hydrogen) atoms. The maximum absolute atomic E-state index is 13.8. The monoisotopic (exact) mass is 495 g/mol. The van der Waals surface area contributed by atoms with E-state index in [1.807, 2.05) is 6.07 Å². The van der Waals surface area contributed by atoms with Crippen LogP contribution in [0.4, 0.5) is 24.8 Å². The number of carbonyl (C=O) groups excluding carboxylic acids is 2. The first-order chi connectivity index (χ1) is 17.2. The van der Waals surface area contributed by atoms with Gasteiger partial charge in [-0.1, -0.05) is 12.1 Å². The fourth-order valence-corrected chi connectivity index (χ4v) is 4.93. The van der Waals surface area contributed by atoms with Crippen molar-refractivity contribution >= 4 is 23.5 Å². The van der Waals surface area contributed by atoms with E-state index in [4.69, 9.17) is 4.74 Å². The summed E-state index contributed by atoms with van der Waals surface area (Å²) < 4.78 is 47.1. The fraction of sp³-hybridized carbons (Fsp3) is 0.280. The van der Waals surface area contributed by atoms with Crippen molar-refractivity contribution in [1.82, 2.24) is 20.2 Å². The smallest absolute Gasteiger partial charge is 0.423 e. The summed E-state index contributed by atoms with van der Waals surface area (Å²) in [5, 5.41) is 5.65. The van der Waals surface area contributed by atoms with Gasteiger partial charge in [-0.15, -0.1) is 0 Å². The third kappa shape index (κ3) is 3.45. The van der Waals surface area contributed by atoms with Crippen LogP contribution in [0.15, 0.2) is 42.6 Å². The number of nitrogens with one attached hydrogen (secondary N) is 2. The summed E-state index contributed by atoms with van der Waals surface area (Å²) in [5.41, 5.74) is 1.32. The van der Waals surface area contributed by atoms with Gasteiger partial charge in [-0.2, -0.15) is 18.2 Å².